The second-order valence-electron chi connectivity index (χ2n) is 8.56. The quantitative estimate of drug-likeness (QED) is 0.789. The molecule has 1 fully saturated rings. The van der Waals surface area contributed by atoms with E-state index in [2.05, 4.69) is 5.32 Å². The Bertz CT molecular complexity index is 887. The van der Waals surface area contributed by atoms with Gasteiger partial charge in [-0.05, 0) is 50.1 Å². The molecular formula is C22H29N3O5. The number of ether oxygens (including phenoxy) is 2. The molecule has 3 amide bonds. The molecule has 3 rings (SSSR count). The zero-order valence-corrected chi connectivity index (χ0v) is 18.2. The van der Waals surface area contributed by atoms with Gasteiger partial charge in [-0.1, -0.05) is 0 Å². The zero-order chi connectivity index (χ0) is 22.1. The van der Waals surface area contributed by atoms with Crippen LogP contribution in [-0.2, 0) is 20.8 Å². The Hall–Kier alpha value is -3.03. The van der Waals surface area contributed by atoms with E-state index in [0.717, 1.165) is 11.1 Å². The number of methoxy groups -OCH3 is 2. The molecule has 0 radical (unpaired) electrons. The minimum atomic E-state index is -0.289. The van der Waals surface area contributed by atoms with E-state index < -0.39 is 0 Å². The van der Waals surface area contributed by atoms with Crippen LogP contribution in [0.25, 0.3) is 6.08 Å². The molecule has 162 valence electrons. The average Bonchev–Trinajstić information content (AvgIpc) is 2.98. The number of likely N-dealkylation sites (tertiary alicyclic amines) is 1. The van der Waals surface area contributed by atoms with Crippen LogP contribution in [-0.4, -0.2) is 66.4 Å². The van der Waals surface area contributed by atoms with Gasteiger partial charge >= 0.3 is 0 Å². The number of nitrogens with one attached hydrogen (secondary N) is 1. The SMILES string of the molecule is COc1cc2c(cc1OC)CC(=O)N(CC(=O)NC1CC(=O)N(C(C)(C)C)C1)C=C2. The molecule has 2 heterocycles. The summed E-state index contributed by atoms with van der Waals surface area (Å²) >= 11 is 0. The number of rotatable bonds is 5. The third-order valence-electron chi connectivity index (χ3n) is 5.36. The van der Waals surface area contributed by atoms with E-state index in [-0.39, 0.29) is 48.7 Å². The van der Waals surface area contributed by atoms with Gasteiger partial charge in [-0.2, -0.15) is 0 Å². The first-order valence-electron chi connectivity index (χ1n) is 9.94. The van der Waals surface area contributed by atoms with E-state index >= 15 is 0 Å². The number of benzene rings is 1. The maximum absolute atomic E-state index is 12.7. The van der Waals surface area contributed by atoms with Crippen molar-refractivity contribution < 1.29 is 23.9 Å². The molecule has 0 bridgehead atoms. The molecule has 0 aromatic heterocycles. The Morgan fingerprint density at radius 2 is 1.80 bits per heavy atom. The van der Waals surface area contributed by atoms with Crippen molar-refractivity contribution in [2.45, 2.75) is 45.2 Å². The van der Waals surface area contributed by atoms with Crippen LogP contribution in [0.5, 0.6) is 11.5 Å². The van der Waals surface area contributed by atoms with Crippen molar-refractivity contribution >= 4 is 23.8 Å². The van der Waals surface area contributed by atoms with Crippen LogP contribution in [0.15, 0.2) is 18.3 Å². The topological polar surface area (TPSA) is 88.2 Å². The Morgan fingerprint density at radius 1 is 1.13 bits per heavy atom. The van der Waals surface area contributed by atoms with Crippen molar-refractivity contribution in [3.05, 3.63) is 29.5 Å². The first kappa shape index (κ1) is 21.7. The van der Waals surface area contributed by atoms with Gasteiger partial charge in [0.15, 0.2) is 11.5 Å². The molecule has 1 aromatic rings. The van der Waals surface area contributed by atoms with E-state index in [9.17, 15) is 14.4 Å². The summed E-state index contributed by atoms with van der Waals surface area (Å²) in [5.74, 6) is 0.678. The fraction of sp³-hybridized carbons (Fsp3) is 0.500. The Balaban J connectivity index is 1.65. The van der Waals surface area contributed by atoms with Gasteiger partial charge in [0.25, 0.3) is 0 Å². The molecule has 8 nitrogen and oxygen atoms in total. The van der Waals surface area contributed by atoms with Gasteiger partial charge in [0, 0.05) is 24.7 Å². The van der Waals surface area contributed by atoms with Crippen molar-refractivity contribution in [3.8, 4) is 11.5 Å². The summed E-state index contributed by atoms with van der Waals surface area (Å²) in [5, 5.41) is 2.89. The Morgan fingerprint density at radius 3 is 2.40 bits per heavy atom. The molecule has 30 heavy (non-hydrogen) atoms. The molecule has 1 atom stereocenters. The minimum Gasteiger partial charge on any atom is -0.493 e. The van der Waals surface area contributed by atoms with Crippen molar-refractivity contribution in [1.29, 1.82) is 0 Å². The maximum atomic E-state index is 12.7. The summed E-state index contributed by atoms with van der Waals surface area (Å²) < 4.78 is 10.6. The fourth-order valence-electron chi connectivity index (χ4n) is 3.78. The standard InChI is InChI=1S/C22H29N3O5/c1-22(2,3)25-12-16(11-21(25)28)23-19(26)13-24-7-6-14-8-17(29-4)18(30-5)9-15(14)10-20(24)27/h6-9,16H,10-13H2,1-5H3,(H,23,26). The van der Waals surface area contributed by atoms with Gasteiger partial charge < -0.3 is 24.6 Å². The minimum absolute atomic E-state index is 0.0249. The smallest absolute Gasteiger partial charge is 0.240 e. The first-order chi connectivity index (χ1) is 14.1. The molecule has 1 aromatic carbocycles. The summed E-state index contributed by atoms with van der Waals surface area (Å²) in [6.07, 6.45) is 3.82. The summed E-state index contributed by atoms with van der Waals surface area (Å²) in [7, 11) is 3.10. The van der Waals surface area contributed by atoms with Crippen LogP contribution < -0.4 is 14.8 Å². The third kappa shape index (κ3) is 4.58. The predicted octanol–water partition coefficient (Wildman–Crippen LogP) is 1.57. The number of carbonyl (C=O) groups is 3. The second kappa shape index (κ2) is 8.38. The lowest BCUT2D eigenvalue weighted by Gasteiger charge is -2.32. The van der Waals surface area contributed by atoms with Crippen molar-refractivity contribution in [2.75, 3.05) is 27.3 Å². The number of nitrogens with zero attached hydrogens (tertiary/aromatic N) is 2. The summed E-state index contributed by atoms with van der Waals surface area (Å²) in [6.45, 7) is 6.28. The highest BCUT2D eigenvalue weighted by Gasteiger charge is 2.37. The van der Waals surface area contributed by atoms with Gasteiger partial charge in [0.1, 0.15) is 6.54 Å². The van der Waals surface area contributed by atoms with Crippen molar-refractivity contribution in [1.82, 2.24) is 15.1 Å². The predicted molar refractivity (Wildman–Crippen MR) is 112 cm³/mol. The number of hydrogen-bond acceptors (Lipinski definition) is 5. The monoisotopic (exact) mass is 415 g/mol. The average molecular weight is 415 g/mol. The highest BCUT2D eigenvalue weighted by Crippen LogP contribution is 2.32. The van der Waals surface area contributed by atoms with Crippen LogP contribution in [0, 0.1) is 0 Å². The van der Waals surface area contributed by atoms with E-state index in [1.807, 2.05) is 26.8 Å². The van der Waals surface area contributed by atoms with E-state index in [1.165, 1.54) is 4.90 Å². The summed E-state index contributed by atoms with van der Waals surface area (Å²) in [4.78, 5) is 40.6. The van der Waals surface area contributed by atoms with Crippen LogP contribution >= 0.6 is 0 Å². The number of amides is 3. The molecule has 0 spiro atoms. The van der Waals surface area contributed by atoms with E-state index in [1.54, 1.807) is 37.5 Å². The second-order valence-corrected chi connectivity index (χ2v) is 8.56. The molecule has 2 aliphatic rings. The van der Waals surface area contributed by atoms with Crippen LogP contribution in [0.2, 0.25) is 0 Å². The van der Waals surface area contributed by atoms with E-state index in [0.29, 0.717) is 18.0 Å². The van der Waals surface area contributed by atoms with Crippen molar-refractivity contribution in [3.63, 3.8) is 0 Å². The van der Waals surface area contributed by atoms with Crippen LogP contribution in [0.1, 0.15) is 38.3 Å². The van der Waals surface area contributed by atoms with E-state index in [4.69, 9.17) is 9.47 Å². The van der Waals surface area contributed by atoms with Gasteiger partial charge in [-0.3, -0.25) is 14.4 Å². The normalized spacial score (nSPS) is 18.9. The molecule has 1 saturated heterocycles. The molecule has 0 aliphatic carbocycles. The summed E-state index contributed by atoms with van der Waals surface area (Å²) in [6, 6.07) is 3.35. The number of fused-ring (bicyclic) bond motifs is 1. The highest BCUT2D eigenvalue weighted by atomic mass is 16.5. The lowest BCUT2D eigenvalue weighted by molar-refractivity contribution is -0.133. The Labute approximate surface area is 176 Å². The summed E-state index contributed by atoms with van der Waals surface area (Å²) in [5.41, 5.74) is 1.36. The van der Waals surface area contributed by atoms with Gasteiger partial charge in [-0.25, -0.2) is 0 Å². The van der Waals surface area contributed by atoms with Gasteiger partial charge in [-0.15, -0.1) is 0 Å². The lowest BCUT2D eigenvalue weighted by atomic mass is 10.0. The third-order valence-corrected chi connectivity index (χ3v) is 5.36. The van der Waals surface area contributed by atoms with Crippen LogP contribution in [0.3, 0.4) is 0 Å². The van der Waals surface area contributed by atoms with Gasteiger partial charge in [0.05, 0.1) is 26.7 Å². The molecule has 1 N–H and O–H groups in total. The van der Waals surface area contributed by atoms with Crippen molar-refractivity contribution in [2.24, 2.45) is 0 Å². The number of hydrogen-bond donors (Lipinski definition) is 1. The largest absolute Gasteiger partial charge is 0.493 e. The lowest BCUT2D eigenvalue weighted by Crippen LogP contribution is -2.46. The number of carbonyl (C=O) groups excluding carboxylic acids is 3. The maximum Gasteiger partial charge on any atom is 0.240 e. The Kier molecular flexibility index (Phi) is 6.05. The van der Waals surface area contributed by atoms with Gasteiger partial charge in [0.2, 0.25) is 17.7 Å². The molecule has 0 saturated carbocycles. The molecular weight excluding hydrogens is 386 g/mol. The first-order valence-corrected chi connectivity index (χ1v) is 9.94. The molecule has 1 unspecified atom stereocenters. The highest BCUT2D eigenvalue weighted by molar-refractivity contribution is 5.89. The molecule has 8 heteroatoms. The van der Waals surface area contributed by atoms with Crippen LogP contribution in [0.4, 0.5) is 0 Å². The molecule has 2 aliphatic heterocycles. The fourth-order valence-corrected chi connectivity index (χ4v) is 3.78. The zero-order valence-electron chi connectivity index (χ0n) is 18.2.